The lowest BCUT2D eigenvalue weighted by Gasteiger charge is -2.49. The average molecular weight is 774 g/mol. The number of unbranched alkanes of at least 4 members (excludes halogenated alkanes) is 3. The van der Waals surface area contributed by atoms with Crippen LogP contribution in [0.25, 0.3) is 0 Å². The maximum Gasteiger partial charge on any atom is 0.355 e. The Kier molecular flexibility index (Phi) is 16.2. The van der Waals surface area contributed by atoms with Gasteiger partial charge in [0.1, 0.15) is 54.4 Å². The van der Waals surface area contributed by atoms with Gasteiger partial charge in [-0.15, -0.1) is 11.8 Å². The molecule has 2 aromatic carbocycles. The number of hydrogen-bond donors (Lipinski definition) is 5. The van der Waals surface area contributed by atoms with Crippen molar-refractivity contribution >= 4 is 70.7 Å². The summed E-state index contributed by atoms with van der Waals surface area (Å²) >= 11 is 19.9. The quantitative estimate of drug-likeness (QED) is 0.0218. The second kappa shape index (κ2) is 20.0. The van der Waals surface area contributed by atoms with Gasteiger partial charge in [0.25, 0.3) is 5.91 Å². The van der Waals surface area contributed by atoms with Gasteiger partial charge in [-0.3, -0.25) is 19.5 Å². The van der Waals surface area contributed by atoms with Crippen molar-refractivity contribution in [2.45, 2.75) is 50.9 Å². The number of allylic oxidation sites excluding steroid dienone is 1. The fraction of sp³-hybridized carbons (Fsp3) is 0.375. The van der Waals surface area contributed by atoms with Crippen molar-refractivity contribution in [2.75, 3.05) is 25.5 Å². The maximum absolute atomic E-state index is 13.4. The summed E-state index contributed by atoms with van der Waals surface area (Å²) in [5.74, 6) is 10.3. The molecule has 0 bridgehead atoms. The lowest BCUT2D eigenvalue weighted by molar-refractivity contribution is -0.153. The minimum atomic E-state index is -0.863. The molecule has 50 heavy (non-hydrogen) atoms. The molecule has 7 N–H and O–H groups in total. The van der Waals surface area contributed by atoms with Gasteiger partial charge in [-0.2, -0.15) is 5.10 Å². The number of rotatable bonds is 15. The minimum absolute atomic E-state index is 0.0648. The first-order valence-electron chi connectivity index (χ1n) is 15.3. The van der Waals surface area contributed by atoms with Crippen molar-refractivity contribution in [1.29, 1.82) is 0 Å². The van der Waals surface area contributed by atoms with Crippen LogP contribution in [-0.2, 0) is 19.1 Å². The molecule has 14 nitrogen and oxygen atoms in total. The van der Waals surface area contributed by atoms with E-state index in [9.17, 15) is 14.4 Å². The highest BCUT2D eigenvalue weighted by Crippen LogP contribution is 2.42. The number of hydrazine groups is 1. The van der Waals surface area contributed by atoms with E-state index in [0.717, 1.165) is 30.6 Å². The molecular weight excluding hydrogens is 735 g/mol. The van der Waals surface area contributed by atoms with Crippen LogP contribution in [0.3, 0.4) is 0 Å². The summed E-state index contributed by atoms with van der Waals surface area (Å²) in [5.41, 5.74) is 0.612. The van der Waals surface area contributed by atoms with Crippen molar-refractivity contribution in [3.05, 3.63) is 74.8 Å². The van der Waals surface area contributed by atoms with Gasteiger partial charge in [0.2, 0.25) is 5.91 Å². The average Bonchev–Trinajstić information content (AvgIpc) is 3.08. The molecule has 2 atom stereocenters. The zero-order valence-corrected chi connectivity index (χ0v) is 30.4. The van der Waals surface area contributed by atoms with E-state index >= 15 is 0 Å². The van der Waals surface area contributed by atoms with Crippen LogP contribution >= 0.6 is 46.6 Å². The number of aliphatic hydroxyl groups excluding tert-OH is 2. The Balaban J connectivity index is 0.00000126. The number of halogens is 3. The summed E-state index contributed by atoms with van der Waals surface area (Å²) in [6.45, 7) is 3.34. The normalized spacial score (nSPS) is 17.0. The van der Waals surface area contributed by atoms with Crippen molar-refractivity contribution in [3.63, 3.8) is 0 Å². The molecule has 0 aliphatic carbocycles. The van der Waals surface area contributed by atoms with Gasteiger partial charge in [-0.05, 0) is 43.7 Å². The maximum atomic E-state index is 13.4. The van der Waals surface area contributed by atoms with Gasteiger partial charge < -0.3 is 35.6 Å². The summed E-state index contributed by atoms with van der Waals surface area (Å²) in [6, 6.07) is 8.78. The van der Waals surface area contributed by atoms with E-state index in [-0.39, 0.29) is 37.0 Å². The summed E-state index contributed by atoms with van der Waals surface area (Å²) in [7, 11) is 0. The molecule has 0 aromatic heterocycles. The number of hydrogen-bond acceptors (Lipinski definition) is 12. The van der Waals surface area contributed by atoms with E-state index in [1.807, 2.05) is 0 Å². The van der Waals surface area contributed by atoms with Crippen LogP contribution in [0.1, 0.15) is 39.5 Å². The van der Waals surface area contributed by atoms with Gasteiger partial charge in [-0.1, -0.05) is 61.0 Å². The number of esters is 1. The first-order valence-corrected chi connectivity index (χ1v) is 17.5. The van der Waals surface area contributed by atoms with E-state index in [4.69, 9.17) is 70.9 Å². The van der Waals surface area contributed by atoms with Crippen LogP contribution in [0.4, 0.5) is 0 Å². The highest BCUT2D eigenvalue weighted by Gasteiger charge is 2.54. The van der Waals surface area contributed by atoms with Gasteiger partial charge in [0.05, 0.1) is 11.6 Å². The van der Waals surface area contributed by atoms with Crippen molar-refractivity contribution in [3.8, 4) is 17.2 Å². The Bertz CT molecular complexity index is 1610. The molecule has 2 amide bonds. The lowest BCUT2D eigenvalue weighted by atomic mass is 10.0. The second-order valence-electron chi connectivity index (χ2n) is 10.9. The number of ether oxygens (including phenoxy) is 3. The molecule has 4 rings (SSSR count). The molecular formula is C32H39Cl3N6O8S. The Morgan fingerprint density at radius 3 is 2.44 bits per heavy atom. The topological polar surface area (TPSA) is 202 Å². The monoisotopic (exact) mass is 772 g/mol. The number of β-lactam (4-membered cyclic amide) rings is 1. The number of fused-ring (bicyclic) bond motifs is 1. The fourth-order valence-electron chi connectivity index (χ4n) is 4.58. The zero-order chi connectivity index (χ0) is 36.8. The third-order valence-electron chi connectivity index (χ3n) is 6.94. The van der Waals surface area contributed by atoms with Crippen LogP contribution in [-0.4, -0.2) is 81.2 Å². The van der Waals surface area contributed by atoms with Gasteiger partial charge in [0, 0.05) is 27.4 Å². The number of thioether (sulfide) groups is 1. The van der Waals surface area contributed by atoms with E-state index in [1.54, 1.807) is 36.4 Å². The van der Waals surface area contributed by atoms with E-state index < -0.39 is 29.2 Å². The fourth-order valence-corrected chi connectivity index (χ4v) is 6.51. The first-order chi connectivity index (χ1) is 23.9. The number of nitrogens with zero attached hydrogens (tertiary/aromatic N) is 3. The van der Waals surface area contributed by atoms with Crippen LogP contribution in [0.5, 0.6) is 17.2 Å². The standard InChI is InChI=1S/C29H33Cl3N6O6S.C3H6O2/c1-2-3-4-5-10-42-29(41)26-17(15-45-28-25(27(40)38(26)28)36-24(39)13-37(34)16-35-33)14-43-23-12-19(31)7-9-22(23)44-21-8-6-18(30)11-20(21)32;1-3(5)2-4/h6-9,11-12,16,25,28H,2-5,10,13-15,33-34H2,1H3,(H,36,39);2,4-5H,1H3/b35-16-;3-2+/t25-,28?;/m1./s1. The molecule has 1 fully saturated rings. The highest BCUT2D eigenvalue weighted by molar-refractivity contribution is 8.00. The molecule has 0 saturated carbocycles. The van der Waals surface area contributed by atoms with Crippen LogP contribution in [0.15, 0.2) is 64.8 Å². The summed E-state index contributed by atoms with van der Waals surface area (Å²) < 4.78 is 17.7. The van der Waals surface area contributed by atoms with Crippen LogP contribution < -0.4 is 26.5 Å². The van der Waals surface area contributed by atoms with Crippen molar-refractivity contribution in [2.24, 2.45) is 16.8 Å². The number of nitrogens with two attached hydrogens (primary N) is 2. The Morgan fingerprint density at radius 1 is 1.12 bits per heavy atom. The lowest BCUT2D eigenvalue weighted by Crippen LogP contribution is -2.71. The molecule has 2 aromatic rings. The first kappa shape index (κ1) is 40.4. The Labute approximate surface area is 308 Å². The molecule has 2 aliphatic heterocycles. The SMILES string of the molecule is C/C(O)=C\O.CCCCCCOC(=O)C1=C(COc2cc(Cl)ccc2Oc2ccc(Cl)cc2Cl)CSC2[C@H](NC(=O)CN(N)/C=N\N)C(=O)N12. The third kappa shape index (κ3) is 11.5. The van der Waals surface area contributed by atoms with Crippen molar-refractivity contribution < 1.29 is 38.8 Å². The summed E-state index contributed by atoms with van der Waals surface area (Å²) in [4.78, 5) is 40.5. The second-order valence-corrected chi connectivity index (χ2v) is 13.3. The molecule has 0 spiro atoms. The number of hydrazone groups is 1. The number of amides is 2. The van der Waals surface area contributed by atoms with Gasteiger partial charge >= 0.3 is 5.97 Å². The predicted octanol–water partition coefficient (Wildman–Crippen LogP) is 5.64. The number of benzene rings is 2. The zero-order valence-electron chi connectivity index (χ0n) is 27.3. The highest BCUT2D eigenvalue weighted by atomic mass is 35.5. The predicted molar refractivity (Wildman–Crippen MR) is 193 cm³/mol. The number of carbonyl (C=O) groups excluding carboxylic acids is 3. The van der Waals surface area contributed by atoms with E-state index in [0.29, 0.717) is 50.6 Å². The van der Waals surface area contributed by atoms with Crippen LogP contribution in [0, 0.1) is 0 Å². The summed E-state index contributed by atoms with van der Waals surface area (Å²) in [6.07, 6.45) is 5.38. The van der Waals surface area contributed by atoms with Crippen LogP contribution in [0.2, 0.25) is 15.1 Å². The molecule has 0 radical (unpaired) electrons. The van der Waals surface area contributed by atoms with E-state index in [1.165, 1.54) is 23.6 Å². The van der Waals surface area contributed by atoms with E-state index in [2.05, 4.69) is 17.3 Å². The molecule has 272 valence electrons. The van der Waals surface area contributed by atoms with Crippen molar-refractivity contribution in [1.82, 2.24) is 15.2 Å². The molecule has 1 saturated heterocycles. The van der Waals surface area contributed by atoms with Gasteiger partial charge in [-0.25, -0.2) is 10.6 Å². The molecule has 2 heterocycles. The minimum Gasteiger partial charge on any atom is -0.512 e. The van der Waals surface area contributed by atoms with Gasteiger partial charge in [0.15, 0.2) is 11.5 Å². The number of nitrogens with one attached hydrogen (secondary N) is 1. The number of aliphatic hydroxyl groups is 2. The Morgan fingerprint density at radius 2 is 1.80 bits per heavy atom. The molecule has 18 heteroatoms. The number of carbonyl (C=O) groups is 3. The summed E-state index contributed by atoms with van der Waals surface area (Å²) in [5, 5.41) is 23.2. The molecule has 2 aliphatic rings. The smallest absolute Gasteiger partial charge is 0.355 e. The third-order valence-corrected chi connectivity index (χ3v) is 9.04. The largest absolute Gasteiger partial charge is 0.512 e. The Hall–Kier alpha value is -4.02. The molecule has 1 unspecified atom stereocenters.